The van der Waals surface area contributed by atoms with Gasteiger partial charge in [-0.25, -0.2) is 0 Å². The van der Waals surface area contributed by atoms with Gasteiger partial charge < -0.3 is 5.21 Å². The third-order valence-corrected chi connectivity index (χ3v) is 2.29. The molecule has 0 aromatic heterocycles. The van der Waals surface area contributed by atoms with Gasteiger partial charge >= 0.3 is 0 Å². The number of benzene rings is 1. The average molecular weight is 212 g/mol. The molecule has 0 saturated carbocycles. The topological polar surface area (TPSA) is 32.6 Å². The molecule has 1 N–H and O–H groups in total. The number of alkyl halides is 1. The lowest BCUT2D eigenvalue weighted by Gasteiger charge is -2.02. The first kappa shape index (κ1) is 11.1. The zero-order valence-corrected chi connectivity index (χ0v) is 8.74. The van der Waals surface area contributed by atoms with Gasteiger partial charge in [0.15, 0.2) is 0 Å². The maximum absolute atomic E-state index is 8.83. The average Bonchev–Trinajstić information content (AvgIpc) is 2.26. The van der Waals surface area contributed by atoms with Crippen LogP contribution in [0.15, 0.2) is 35.5 Å². The second-order valence-electron chi connectivity index (χ2n) is 3.06. The quantitative estimate of drug-likeness (QED) is 0.262. The molecule has 0 atom stereocenters. The summed E-state index contributed by atoms with van der Waals surface area (Å²) in [6, 6.07) is 9.69. The molecule has 1 rings (SSSR count). The number of hydrogen-bond acceptors (Lipinski definition) is 2. The van der Waals surface area contributed by atoms with Crippen LogP contribution in [0.4, 0.5) is 0 Å². The van der Waals surface area contributed by atoms with Gasteiger partial charge in [-0.3, -0.25) is 0 Å². The van der Waals surface area contributed by atoms with Gasteiger partial charge in [-0.2, -0.15) is 0 Å². The van der Waals surface area contributed by atoms with Gasteiger partial charge in [0.05, 0.1) is 5.71 Å². The van der Waals surface area contributed by atoms with Crippen molar-refractivity contribution in [3.05, 3.63) is 35.9 Å². The molecule has 1 aromatic carbocycles. The molecule has 14 heavy (non-hydrogen) atoms. The molecule has 76 valence electrons. The fourth-order valence-electron chi connectivity index (χ4n) is 1.27. The Morgan fingerprint density at radius 1 is 1.21 bits per heavy atom. The largest absolute Gasteiger partial charge is 0.411 e. The first-order valence-electron chi connectivity index (χ1n) is 4.71. The zero-order valence-electron chi connectivity index (χ0n) is 7.99. The number of oxime groups is 1. The summed E-state index contributed by atoms with van der Waals surface area (Å²) in [5.41, 5.74) is 1.71. The maximum atomic E-state index is 8.83. The summed E-state index contributed by atoms with van der Waals surface area (Å²) in [4.78, 5) is 0. The number of hydrogen-bond donors (Lipinski definition) is 1. The number of unbranched alkanes of at least 4 members (excludes halogenated alkanes) is 1. The van der Waals surface area contributed by atoms with Crippen LogP contribution in [0.25, 0.3) is 0 Å². The highest BCUT2D eigenvalue weighted by Gasteiger charge is 2.02. The lowest BCUT2D eigenvalue weighted by atomic mass is 10.1. The molecule has 0 aliphatic carbocycles. The molecule has 1 aromatic rings. The van der Waals surface area contributed by atoms with Crippen molar-refractivity contribution in [3.63, 3.8) is 0 Å². The number of halogens is 1. The molecule has 0 amide bonds. The molecular weight excluding hydrogens is 198 g/mol. The van der Waals surface area contributed by atoms with E-state index in [0.717, 1.165) is 30.5 Å². The van der Waals surface area contributed by atoms with E-state index in [0.29, 0.717) is 5.88 Å². The van der Waals surface area contributed by atoms with Gasteiger partial charge in [-0.15, -0.1) is 11.6 Å². The minimum absolute atomic E-state index is 0.660. The Kier molecular flexibility index (Phi) is 5.08. The van der Waals surface area contributed by atoms with Crippen molar-refractivity contribution in [3.8, 4) is 0 Å². The van der Waals surface area contributed by atoms with Crippen LogP contribution in [0, 0.1) is 0 Å². The summed E-state index contributed by atoms with van der Waals surface area (Å²) >= 11 is 5.57. The molecule has 3 heteroatoms. The van der Waals surface area contributed by atoms with Crippen LogP contribution in [-0.4, -0.2) is 16.8 Å². The third-order valence-electron chi connectivity index (χ3n) is 2.02. The van der Waals surface area contributed by atoms with E-state index >= 15 is 0 Å². The molecule has 0 unspecified atom stereocenters. The Bertz CT molecular complexity index is 285. The van der Waals surface area contributed by atoms with Crippen LogP contribution in [-0.2, 0) is 0 Å². The monoisotopic (exact) mass is 211 g/mol. The summed E-state index contributed by atoms with van der Waals surface area (Å²) in [6.07, 6.45) is 2.68. The lowest BCUT2D eigenvalue weighted by Crippen LogP contribution is -2.00. The minimum atomic E-state index is 0.660. The Morgan fingerprint density at radius 2 is 1.93 bits per heavy atom. The maximum Gasteiger partial charge on any atom is 0.0867 e. The predicted molar refractivity (Wildman–Crippen MR) is 59.3 cm³/mol. The van der Waals surface area contributed by atoms with E-state index in [9.17, 15) is 0 Å². The molecule has 0 fully saturated rings. The van der Waals surface area contributed by atoms with Gasteiger partial charge in [-0.05, 0) is 24.8 Å². The second kappa shape index (κ2) is 6.44. The molecule has 0 aliphatic heterocycles. The standard InChI is InChI=1S/C11H14ClNO/c12-9-5-4-8-11(13-14)10-6-2-1-3-7-10/h1-3,6-7,14H,4-5,8-9H2. The molecular formula is C11H14ClNO. The van der Waals surface area contributed by atoms with Crippen LogP contribution in [0.2, 0.25) is 0 Å². The van der Waals surface area contributed by atoms with Gasteiger partial charge in [-0.1, -0.05) is 35.5 Å². The van der Waals surface area contributed by atoms with Crippen LogP contribution in [0.5, 0.6) is 0 Å². The van der Waals surface area contributed by atoms with Gasteiger partial charge in [0.25, 0.3) is 0 Å². The minimum Gasteiger partial charge on any atom is -0.411 e. The zero-order chi connectivity index (χ0) is 10.2. The predicted octanol–water partition coefficient (Wildman–Crippen LogP) is 3.27. The molecule has 0 bridgehead atoms. The van der Waals surface area contributed by atoms with Crippen molar-refractivity contribution in [2.24, 2.45) is 5.16 Å². The van der Waals surface area contributed by atoms with Crippen molar-refractivity contribution in [2.75, 3.05) is 5.88 Å². The Morgan fingerprint density at radius 3 is 2.50 bits per heavy atom. The van der Waals surface area contributed by atoms with Gasteiger partial charge in [0.2, 0.25) is 0 Å². The Balaban J connectivity index is 2.56. The summed E-state index contributed by atoms with van der Waals surface area (Å²) < 4.78 is 0. The first-order chi connectivity index (χ1) is 6.88. The first-order valence-corrected chi connectivity index (χ1v) is 5.24. The highest BCUT2D eigenvalue weighted by Crippen LogP contribution is 2.08. The summed E-state index contributed by atoms with van der Waals surface area (Å²) in [5.74, 6) is 0.660. The molecule has 2 nitrogen and oxygen atoms in total. The molecule has 0 spiro atoms. The smallest absolute Gasteiger partial charge is 0.0867 e. The normalized spacial score (nSPS) is 11.6. The fraction of sp³-hybridized carbons (Fsp3) is 0.364. The number of nitrogens with zero attached hydrogens (tertiary/aromatic N) is 1. The van der Waals surface area contributed by atoms with E-state index in [2.05, 4.69) is 5.16 Å². The Labute approximate surface area is 89.2 Å². The van der Waals surface area contributed by atoms with E-state index in [1.165, 1.54) is 0 Å². The summed E-state index contributed by atoms with van der Waals surface area (Å²) in [5, 5.41) is 12.1. The third kappa shape index (κ3) is 3.38. The van der Waals surface area contributed by atoms with Crippen LogP contribution < -0.4 is 0 Å². The molecule has 0 radical (unpaired) electrons. The summed E-state index contributed by atoms with van der Waals surface area (Å²) in [7, 11) is 0. The van der Waals surface area contributed by atoms with Crippen molar-refractivity contribution < 1.29 is 5.21 Å². The van der Waals surface area contributed by atoms with Crippen LogP contribution in [0.1, 0.15) is 24.8 Å². The molecule has 0 heterocycles. The fourth-order valence-corrected chi connectivity index (χ4v) is 1.46. The lowest BCUT2D eigenvalue weighted by molar-refractivity contribution is 0.318. The van der Waals surface area contributed by atoms with Crippen LogP contribution in [0.3, 0.4) is 0 Å². The van der Waals surface area contributed by atoms with Crippen molar-refractivity contribution in [1.29, 1.82) is 0 Å². The van der Waals surface area contributed by atoms with E-state index in [1.807, 2.05) is 30.3 Å². The number of rotatable bonds is 5. The van der Waals surface area contributed by atoms with Crippen molar-refractivity contribution >= 4 is 17.3 Å². The van der Waals surface area contributed by atoms with Gasteiger partial charge in [0.1, 0.15) is 0 Å². The van der Waals surface area contributed by atoms with Crippen LogP contribution >= 0.6 is 11.6 Å². The van der Waals surface area contributed by atoms with E-state index < -0.39 is 0 Å². The molecule has 0 aliphatic rings. The van der Waals surface area contributed by atoms with E-state index in [1.54, 1.807) is 0 Å². The van der Waals surface area contributed by atoms with Gasteiger partial charge in [0, 0.05) is 5.88 Å². The Hall–Kier alpha value is -1.02. The summed E-state index contributed by atoms with van der Waals surface area (Å²) in [6.45, 7) is 0. The van der Waals surface area contributed by atoms with E-state index in [4.69, 9.17) is 16.8 Å². The van der Waals surface area contributed by atoms with Crippen molar-refractivity contribution in [1.82, 2.24) is 0 Å². The van der Waals surface area contributed by atoms with Crippen molar-refractivity contribution in [2.45, 2.75) is 19.3 Å². The second-order valence-corrected chi connectivity index (χ2v) is 3.44. The highest BCUT2D eigenvalue weighted by molar-refractivity contribution is 6.17. The SMILES string of the molecule is ON=C(CCCCCl)c1ccccc1. The highest BCUT2D eigenvalue weighted by atomic mass is 35.5. The van der Waals surface area contributed by atoms with E-state index in [-0.39, 0.29) is 0 Å². The molecule has 0 saturated heterocycles.